The number of carbonyl (C=O) groups excluding carboxylic acids is 2. The molecule has 0 aliphatic heterocycles. The molecule has 0 fully saturated rings. The fraction of sp³-hybridized carbons (Fsp3) is 0.208. The number of amides is 2. The first-order valence-corrected chi connectivity index (χ1v) is 10.5. The number of nitrogens with one attached hydrogen (secondary N) is 2. The van der Waals surface area contributed by atoms with Crippen molar-refractivity contribution in [1.29, 1.82) is 0 Å². The summed E-state index contributed by atoms with van der Waals surface area (Å²) in [5.41, 5.74) is 1.67. The molecule has 1 heterocycles. The average Bonchev–Trinajstić information content (AvgIpc) is 2.76. The molecule has 0 saturated heterocycles. The van der Waals surface area contributed by atoms with Crippen molar-refractivity contribution in [2.24, 2.45) is 7.05 Å². The Morgan fingerprint density at radius 2 is 1.74 bits per heavy atom. The number of halogens is 1. The standard InChI is InChI=1S/C24H24ClN3O5.2Na/c1-14-13-28(2)23(32)21(22(14)31)27-24(33)26-19(12-20(29)30)17-5-3-4-16(11-17)10-15-6-8-18(25)9-7-15;;/h3-9,11,13,19,31H,10,12H2,1-2H3,(H,29,30)(H2,26,27,33);;/q;2*+1/p-2. The van der Waals surface area contributed by atoms with E-state index in [1.165, 1.54) is 24.7 Å². The normalized spacial score (nSPS) is 10.9. The minimum absolute atomic E-state index is 0. The summed E-state index contributed by atoms with van der Waals surface area (Å²) in [5, 5.41) is 29.0. The minimum Gasteiger partial charge on any atom is -0.871 e. The number of carbonyl (C=O) groups is 2. The van der Waals surface area contributed by atoms with Crippen LogP contribution in [0.5, 0.6) is 5.75 Å². The van der Waals surface area contributed by atoms with Crippen LogP contribution in [0.1, 0.15) is 34.7 Å². The topological polar surface area (TPSA) is 126 Å². The van der Waals surface area contributed by atoms with E-state index in [2.05, 4.69) is 10.6 Å². The zero-order chi connectivity index (χ0) is 24.1. The van der Waals surface area contributed by atoms with Gasteiger partial charge in [0.15, 0.2) is 0 Å². The van der Waals surface area contributed by atoms with Gasteiger partial charge in [0.25, 0.3) is 5.56 Å². The third-order valence-electron chi connectivity index (χ3n) is 5.10. The summed E-state index contributed by atoms with van der Waals surface area (Å²) in [5.74, 6) is -1.96. The molecule has 0 saturated carbocycles. The zero-order valence-electron chi connectivity index (χ0n) is 20.1. The van der Waals surface area contributed by atoms with Crippen molar-refractivity contribution in [3.63, 3.8) is 0 Å². The van der Waals surface area contributed by atoms with E-state index in [-0.39, 0.29) is 64.7 Å². The van der Waals surface area contributed by atoms with Gasteiger partial charge >= 0.3 is 65.1 Å². The summed E-state index contributed by atoms with van der Waals surface area (Å²) in [6.45, 7) is 1.52. The van der Waals surface area contributed by atoms with E-state index in [0.717, 1.165) is 11.1 Å². The average molecular weight is 514 g/mol. The predicted octanol–water partition coefficient (Wildman–Crippen LogP) is -3.98. The molecule has 2 aromatic carbocycles. The van der Waals surface area contributed by atoms with Crippen LogP contribution in [0, 0.1) is 6.92 Å². The molecule has 35 heavy (non-hydrogen) atoms. The molecule has 172 valence electrons. The van der Waals surface area contributed by atoms with E-state index in [1.54, 1.807) is 30.3 Å². The van der Waals surface area contributed by atoms with E-state index < -0.39 is 41.5 Å². The number of carboxylic acids is 1. The van der Waals surface area contributed by atoms with Crippen molar-refractivity contribution in [1.82, 2.24) is 9.88 Å². The monoisotopic (exact) mass is 513 g/mol. The van der Waals surface area contributed by atoms with Gasteiger partial charge in [-0.25, -0.2) is 4.79 Å². The Hall–Kier alpha value is -1.78. The maximum absolute atomic E-state index is 12.6. The first kappa shape index (κ1) is 31.3. The molecule has 0 aliphatic rings. The summed E-state index contributed by atoms with van der Waals surface area (Å²) >= 11 is 5.92. The summed E-state index contributed by atoms with van der Waals surface area (Å²) in [6, 6.07) is 12.6. The second-order valence-electron chi connectivity index (χ2n) is 7.71. The Bertz CT molecular complexity index is 1250. The number of pyridine rings is 1. The van der Waals surface area contributed by atoms with E-state index in [9.17, 15) is 24.6 Å². The van der Waals surface area contributed by atoms with Crippen molar-refractivity contribution in [2.45, 2.75) is 25.8 Å². The number of aliphatic carboxylic acids is 1. The summed E-state index contributed by atoms with van der Waals surface area (Å²) in [7, 11) is 1.46. The van der Waals surface area contributed by atoms with Crippen molar-refractivity contribution < 1.29 is 78.9 Å². The molecule has 1 aromatic heterocycles. The number of aromatic nitrogens is 1. The maximum Gasteiger partial charge on any atom is 1.00 e. The fourth-order valence-corrected chi connectivity index (χ4v) is 3.60. The van der Waals surface area contributed by atoms with Crippen molar-refractivity contribution in [3.05, 3.63) is 92.4 Å². The van der Waals surface area contributed by atoms with Crippen LogP contribution in [0.2, 0.25) is 5.02 Å². The summed E-state index contributed by atoms with van der Waals surface area (Å²) in [4.78, 5) is 36.2. The molecule has 0 spiro atoms. The Labute approximate surface area is 252 Å². The molecule has 1 atom stereocenters. The van der Waals surface area contributed by atoms with Gasteiger partial charge in [-0.3, -0.25) is 4.79 Å². The quantitative estimate of drug-likeness (QED) is 0.312. The molecular formula is C24H22ClN3Na2O5. The van der Waals surface area contributed by atoms with Gasteiger partial charge < -0.3 is 30.2 Å². The first-order valence-electron chi connectivity index (χ1n) is 10.1. The number of urea groups is 1. The molecule has 11 heteroatoms. The molecule has 3 rings (SSSR count). The van der Waals surface area contributed by atoms with Crippen molar-refractivity contribution in [2.75, 3.05) is 5.32 Å². The van der Waals surface area contributed by atoms with Gasteiger partial charge in [0.05, 0.1) is 6.04 Å². The number of hydrogen-bond donors (Lipinski definition) is 2. The number of carboxylic acid groups (broad SMARTS) is 1. The van der Waals surface area contributed by atoms with Crippen LogP contribution >= 0.6 is 11.6 Å². The Morgan fingerprint density at radius 1 is 1.09 bits per heavy atom. The fourth-order valence-electron chi connectivity index (χ4n) is 3.47. The first-order chi connectivity index (χ1) is 15.6. The Kier molecular flexibility index (Phi) is 12.6. The van der Waals surface area contributed by atoms with Crippen LogP contribution in [0.3, 0.4) is 0 Å². The molecule has 1 unspecified atom stereocenters. The number of hydrogen-bond acceptors (Lipinski definition) is 5. The number of benzene rings is 2. The number of rotatable bonds is 7. The Balaban J connectivity index is 0.00000306. The van der Waals surface area contributed by atoms with Gasteiger partial charge in [0.1, 0.15) is 5.69 Å². The number of anilines is 1. The number of aryl methyl sites for hydroxylation is 2. The molecule has 3 aromatic rings. The van der Waals surface area contributed by atoms with Gasteiger partial charge in [0.2, 0.25) is 0 Å². The van der Waals surface area contributed by atoms with Gasteiger partial charge in [-0.2, -0.15) is 0 Å². The van der Waals surface area contributed by atoms with E-state index >= 15 is 0 Å². The van der Waals surface area contributed by atoms with Crippen LogP contribution in [-0.2, 0) is 18.3 Å². The number of nitrogens with zero attached hydrogens (tertiary/aromatic N) is 1. The smallest absolute Gasteiger partial charge is 0.871 e. The third kappa shape index (κ3) is 8.68. The van der Waals surface area contributed by atoms with Crippen LogP contribution in [-0.4, -0.2) is 16.6 Å². The molecule has 8 nitrogen and oxygen atoms in total. The van der Waals surface area contributed by atoms with Crippen LogP contribution < -0.4 is 85.5 Å². The largest absolute Gasteiger partial charge is 1.00 e. The zero-order valence-corrected chi connectivity index (χ0v) is 24.8. The van der Waals surface area contributed by atoms with Gasteiger partial charge in [-0.05, 0) is 47.7 Å². The minimum atomic E-state index is -1.36. The summed E-state index contributed by atoms with van der Waals surface area (Å²) in [6.07, 6.45) is 1.46. The van der Waals surface area contributed by atoms with E-state index in [0.29, 0.717) is 17.0 Å². The van der Waals surface area contributed by atoms with E-state index in [4.69, 9.17) is 11.6 Å². The van der Waals surface area contributed by atoms with E-state index in [1.807, 2.05) is 18.2 Å². The van der Waals surface area contributed by atoms with Crippen LogP contribution in [0.4, 0.5) is 10.5 Å². The second kappa shape index (κ2) is 14.1. The van der Waals surface area contributed by atoms with Gasteiger partial charge in [-0.1, -0.05) is 53.7 Å². The SMILES string of the molecule is Cc1cn(C)c(=O)c(NC(=O)NC(CC(=O)[O-])c2cccc(Cc3ccc(Cl)cc3)c2)c1[O-].[Na+].[Na+]. The van der Waals surface area contributed by atoms with Gasteiger partial charge in [0, 0.05) is 30.7 Å². The molecule has 0 radical (unpaired) electrons. The molecular weight excluding hydrogens is 492 g/mol. The molecule has 0 aliphatic carbocycles. The third-order valence-corrected chi connectivity index (χ3v) is 5.35. The van der Waals surface area contributed by atoms with Crippen molar-refractivity contribution >= 4 is 29.3 Å². The van der Waals surface area contributed by atoms with Crippen LogP contribution in [0.25, 0.3) is 0 Å². The maximum atomic E-state index is 12.6. The molecule has 0 bridgehead atoms. The molecule has 2 N–H and O–H groups in total. The summed E-state index contributed by atoms with van der Waals surface area (Å²) < 4.78 is 1.19. The molecule has 2 amide bonds. The van der Waals surface area contributed by atoms with Crippen LogP contribution in [0.15, 0.2) is 59.5 Å². The Morgan fingerprint density at radius 3 is 2.37 bits per heavy atom. The van der Waals surface area contributed by atoms with Crippen molar-refractivity contribution in [3.8, 4) is 5.75 Å². The second-order valence-corrected chi connectivity index (χ2v) is 8.14. The van der Waals surface area contributed by atoms with Gasteiger partial charge in [-0.15, -0.1) is 0 Å². The predicted molar refractivity (Wildman–Crippen MR) is 121 cm³/mol.